The summed E-state index contributed by atoms with van der Waals surface area (Å²) in [5.41, 5.74) is -0.410. The molecular weight excluding hydrogens is 242 g/mol. The van der Waals surface area contributed by atoms with Crippen LogP contribution < -0.4 is 0 Å². The van der Waals surface area contributed by atoms with Crippen LogP contribution in [0.3, 0.4) is 0 Å². The molecule has 1 saturated carbocycles. The second-order valence-electron chi connectivity index (χ2n) is 6.82. The van der Waals surface area contributed by atoms with Crippen molar-refractivity contribution in [2.24, 2.45) is 5.92 Å². The summed E-state index contributed by atoms with van der Waals surface area (Å²) >= 11 is 0. The molecule has 4 nitrogen and oxygen atoms in total. The Kier molecular flexibility index (Phi) is 4.71. The van der Waals surface area contributed by atoms with Crippen LogP contribution in [0, 0.1) is 5.92 Å². The Hall–Kier alpha value is -0.770. The second-order valence-corrected chi connectivity index (χ2v) is 6.82. The van der Waals surface area contributed by atoms with Gasteiger partial charge in [-0.1, -0.05) is 0 Å². The Balaban J connectivity index is 1.74. The van der Waals surface area contributed by atoms with E-state index in [1.165, 1.54) is 19.3 Å². The number of piperidine rings is 1. The average molecular weight is 269 g/mol. The molecule has 1 amide bonds. The van der Waals surface area contributed by atoms with Gasteiger partial charge < -0.3 is 14.4 Å². The lowest BCUT2D eigenvalue weighted by Crippen LogP contribution is -2.44. The maximum absolute atomic E-state index is 12.0. The Bertz CT molecular complexity index is 307. The van der Waals surface area contributed by atoms with Crippen LogP contribution in [0.4, 0.5) is 4.79 Å². The van der Waals surface area contributed by atoms with E-state index in [1.54, 1.807) is 0 Å². The lowest BCUT2D eigenvalue weighted by atomic mass is 9.95. The standard InChI is InChI=1S/C15H27NO3/c1-15(2,3)19-14(17)16-9-5-6-12(10-16)11-18-13-7-4-8-13/h12-13H,4-11H2,1-3H3. The fourth-order valence-electron chi connectivity index (χ4n) is 2.50. The van der Waals surface area contributed by atoms with Crippen molar-refractivity contribution in [3.05, 3.63) is 0 Å². The van der Waals surface area contributed by atoms with Crippen molar-refractivity contribution < 1.29 is 14.3 Å². The maximum Gasteiger partial charge on any atom is 0.410 e. The van der Waals surface area contributed by atoms with E-state index in [0.29, 0.717) is 12.0 Å². The van der Waals surface area contributed by atoms with Gasteiger partial charge in [-0.05, 0) is 52.9 Å². The van der Waals surface area contributed by atoms with Gasteiger partial charge in [0.15, 0.2) is 0 Å². The van der Waals surface area contributed by atoms with E-state index in [0.717, 1.165) is 32.5 Å². The van der Waals surface area contributed by atoms with E-state index in [-0.39, 0.29) is 6.09 Å². The number of ether oxygens (including phenoxy) is 2. The predicted molar refractivity (Wildman–Crippen MR) is 74.1 cm³/mol. The van der Waals surface area contributed by atoms with Crippen molar-refractivity contribution in [3.8, 4) is 0 Å². The first kappa shape index (κ1) is 14.6. The Morgan fingerprint density at radius 1 is 1.21 bits per heavy atom. The third-order valence-corrected chi connectivity index (χ3v) is 3.79. The molecule has 0 spiro atoms. The molecule has 0 radical (unpaired) electrons. The molecule has 1 atom stereocenters. The van der Waals surface area contributed by atoms with Crippen LogP contribution in [0.25, 0.3) is 0 Å². The summed E-state index contributed by atoms with van der Waals surface area (Å²) in [6.45, 7) is 8.12. The normalized spacial score (nSPS) is 25.0. The van der Waals surface area contributed by atoms with Crippen molar-refractivity contribution in [1.82, 2.24) is 4.90 Å². The van der Waals surface area contributed by atoms with Gasteiger partial charge >= 0.3 is 6.09 Å². The van der Waals surface area contributed by atoms with Crippen LogP contribution in [0.15, 0.2) is 0 Å². The van der Waals surface area contributed by atoms with Gasteiger partial charge in [0.2, 0.25) is 0 Å². The highest BCUT2D eigenvalue weighted by molar-refractivity contribution is 5.68. The van der Waals surface area contributed by atoms with E-state index >= 15 is 0 Å². The molecule has 0 aromatic carbocycles. The molecule has 1 aliphatic carbocycles. The number of amides is 1. The Labute approximate surface area is 116 Å². The summed E-state index contributed by atoms with van der Waals surface area (Å²) in [5, 5.41) is 0. The number of likely N-dealkylation sites (tertiary alicyclic amines) is 1. The van der Waals surface area contributed by atoms with Gasteiger partial charge in [-0.15, -0.1) is 0 Å². The number of carbonyl (C=O) groups excluding carboxylic acids is 1. The topological polar surface area (TPSA) is 38.8 Å². The molecule has 2 rings (SSSR count). The van der Waals surface area contributed by atoms with E-state index in [1.807, 2.05) is 25.7 Å². The molecule has 0 aromatic heterocycles. The Morgan fingerprint density at radius 3 is 2.53 bits per heavy atom. The van der Waals surface area contributed by atoms with Gasteiger partial charge in [-0.3, -0.25) is 0 Å². The van der Waals surface area contributed by atoms with Crippen LogP contribution in [0.5, 0.6) is 0 Å². The lowest BCUT2D eigenvalue weighted by Gasteiger charge is -2.35. The molecule has 1 heterocycles. The average Bonchev–Trinajstić information content (AvgIpc) is 2.25. The van der Waals surface area contributed by atoms with Gasteiger partial charge in [0.1, 0.15) is 5.60 Å². The number of hydrogen-bond acceptors (Lipinski definition) is 3. The third kappa shape index (κ3) is 4.68. The van der Waals surface area contributed by atoms with Gasteiger partial charge in [0.05, 0.1) is 12.7 Å². The monoisotopic (exact) mass is 269 g/mol. The summed E-state index contributed by atoms with van der Waals surface area (Å²) in [7, 11) is 0. The van der Waals surface area contributed by atoms with Crippen molar-refractivity contribution >= 4 is 6.09 Å². The van der Waals surface area contributed by atoms with Crippen LogP contribution in [-0.4, -0.2) is 42.4 Å². The predicted octanol–water partition coefficient (Wildman–Crippen LogP) is 3.20. The number of carbonyl (C=O) groups is 1. The number of hydrogen-bond donors (Lipinski definition) is 0. The fraction of sp³-hybridized carbons (Fsp3) is 0.933. The lowest BCUT2D eigenvalue weighted by molar-refractivity contribution is -0.0322. The minimum Gasteiger partial charge on any atom is -0.444 e. The van der Waals surface area contributed by atoms with Crippen LogP contribution in [0.1, 0.15) is 52.9 Å². The number of rotatable bonds is 3. The summed E-state index contributed by atoms with van der Waals surface area (Å²) in [6, 6.07) is 0. The highest BCUT2D eigenvalue weighted by Gasteiger charge is 2.28. The van der Waals surface area contributed by atoms with E-state index in [2.05, 4.69) is 0 Å². The Morgan fingerprint density at radius 2 is 1.95 bits per heavy atom. The minimum atomic E-state index is -0.410. The molecule has 4 heteroatoms. The van der Waals surface area contributed by atoms with Gasteiger partial charge in [-0.2, -0.15) is 0 Å². The SMILES string of the molecule is CC(C)(C)OC(=O)N1CCCC(COC2CCC2)C1. The number of nitrogens with zero attached hydrogens (tertiary/aromatic N) is 1. The van der Waals surface area contributed by atoms with E-state index in [9.17, 15) is 4.79 Å². The smallest absolute Gasteiger partial charge is 0.410 e. The molecule has 0 N–H and O–H groups in total. The second kappa shape index (κ2) is 6.12. The van der Waals surface area contributed by atoms with Crippen molar-refractivity contribution in [3.63, 3.8) is 0 Å². The molecule has 110 valence electrons. The molecule has 2 aliphatic rings. The van der Waals surface area contributed by atoms with Gasteiger partial charge in [0, 0.05) is 19.0 Å². The van der Waals surface area contributed by atoms with Crippen LogP contribution in [0.2, 0.25) is 0 Å². The molecule has 0 aromatic rings. The minimum absolute atomic E-state index is 0.180. The molecule has 2 fully saturated rings. The molecular formula is C15H27NO3. The van der Waals surface area contributed by atoms with Crippen LogP contribution >= 0.6 is 0 Å². The zero-order valence-electron chi connectivity index (χ0n) is 12.5. The van der Waals surface area contributed by atoms with Crippen LogP contribution in [-0.2, 0) is 9.47 Å². The van der Waals surface area contributed by atoms with E-state index < -0.39 is 5.60 Å². The van der Waals surface area contributed by atoms with E-state index in [4.69, 9.17) is 9.47 Å². The highest BCUT2D eigenvalue weighted by atomic mass is 16.6. The summed E-state index contributed by atoms with van der Waals surface area (Å²) in [6.07, 6.45) is 6.24. The quantitative estimate of drug-likeness (QED) is 0.789. The molecule has 1 unspecified atom stereocenters. The molecule has 19 heavy (non-hydrogen) atoms. The zero-order valence-corrected chi connectivity index (χ0v) is 12.5. The largest absolute Gasteiger partial charge is 0.444 e. The third-order valence-electron chi connectivity index (χ3n) is 3.79. The highest BCUT2D eigenvalue weighted by Crippen LogP contribution is 2.25. The first-order valence-corrected chi connectivity index (χ1v) is 7.53. The molecule has 1 aliphatic heterocycles. The van der Waals surface area contributed by atoms with Crippen molar-refractivity contribution in [1.29, 1.82) is 0 Å². The van der Waals surface area contributed by atoms with Crippen molar-refractivity contribution in [2.75, 3.05) is 19.7 Å². The summed E-state index contributed by atoms with van der Waals surface area (Å²) in [4.78, 5) is 13.9. The van der Waals surface area contributed by atoms with Gasteiger partial charge in [0.25, 0.3) is 0 Å². The summed E-state index contributed by atoms with van der Waals surface area (Å²) < 4.78 is 11.3. The first-order valence-electron chi connectivity index (χ1n) is 7.53. The van der Waals surface area contributed by atoms with Gasteiger partial charge in [-0.25, -0.2) is 4.79 Å². The zero-order chi connectivity index (χ0) is 13.9. The summed E-state index contributed by atoms with van der Waals surface area (Å²) in [5.74, 6) is 0.474. The fourth-order valence-corrected chi connectivity index (χ4v) is 2.50. The van der Waals surface area contributed by atoms with Crippen molar-refractivity contribution in [2.45, 2.75) is 64.6 Å². The maximum atomic E-state index is 12.0. The first-order chi connectivity index (χ1) is 8.94. The molecule has 1 saturated heterocycles. The molecule has 0 bridgehead atoms.